The van der Waals surface area contributed by atoms with E-state index in [1.807, 2.05) is 20.8 Å². The van der Waals surface area contributed by atoms with Crippen molar-refractivity contribution in [1.29, 1.82) is 5.26 Å². The Morgan fingerprint density at radius 2 is 1.97 bits per heavy atom. The van der Waals surface area contributed by atoms with E-state index in [1.165, 1.54) is 23.7 Å². The number of likely N-dealkylation sites (tertiary alicyclic amines) is 1. The molecule has 0 saturated carbocycles. The number of aliphatic imine (C=N–C) groups is 1. The molecule has 0 aliphatic carbocycles. The molecule has 1 amide bonds. The number of nitrogens with two attached hydrogens (primary N) is 1. The Morgan fingerprint density at radius 3 is 2.59 bits per heavy atom. The third kappa shape index (κ3) is 5.48. The van der Waals surface area contributed by atoms with Crippen molar-refractivity contribution in [2.45, 2.75) is 62.6 Å². The molecule has 2 aliphatic heterocycles. The SMILES string of the molecule is COC(=O)N1CCC(CC#N)(Nc2cc[nH]c(=O)c2C(N)=Nc2ccc3c(c2)CN(C(C)(C)C)S3(=O)=O)CC1. The maximum atomic E-state index is 13.0. The second-order valence-electron chi connectivity index (χ2n) is 10.8. The largest absolute Gasteiger partial charge is 0.453 e. The highest BCUT2D eigenvalue weighted by Gasteiger charge is 2.41. The molecule has 0 radical (unpaired) electrons. The number of aromatic nitrogens is 1. The van der Waals surface area contributed by atoms with Crippen LogP contribution < -0.4 is 16.6 Å². The molecule has 208 valence electrons. The number of amidine groups is 1. The number of benzene rings is 1. The summed E-state index contributed by atoms with van der Waals surface area (Å²) in [6.07, 6.45) is 2.12. The summed E-state index contributed by atoms with van der Waals surface area (Å²) in [5.41, 5.74) is 6.12. The highest BCUT2D eigenvalue weighted by molar-refractivity contribution is 7.89. The van der Waals surface area contributed by atoms with Crippen molar-refractivity contribution >= 4 is 33.3 Å². The Hall–Kier alpha value is -3.89. The average molecular weight is 556 g/mol. The molecule has 3 heterocycles. The Morgan fingerprint density at radius 1 is 1.28 bits per heavy atom. The lowest BCUT2D eigenvalue weighted by Crippen LogP contribution is -2.51. The molecule has 39 heavy (non-hydrogen) atoms. The number of methoxy groups -OCH3 is 1. The molecule has 0 spiro atoms. The summed E-state index contributed by atoms with van der Waals surface area (Å²) in [6.45, 7) is 6.48. The van der Waals surface area contributed by atoms with Gasteiger partial charge in [-0.05, 0) is 63.4 Å². The number of sulfonamides is 1. The zero-order valence-corrected chi connectivity index (χ0v) is 23.3. The number of amides is 1. The van der Waals surface area contributed by atoms with Crippen LogP contribution in [0.1, 0.15) is 51.2 Å². The van der Waals surface area contributed by atoms with Gasteiger partial charge in [-0.15, -0.1) is 0 Å². The summed E-state index contributed by atoms with van der Waals surface area (Å²) >= 11 is 0. The zero-order valence-electron chi connectivity index (χ0n) is 22.4. The first-order valence-electron chi connectivity index (χ1n) is 12.5. The van der Waals surface area contributed by atoms with Gasteiger partial charge in [0, 0.05) is 31.4 Å². The van der Waals surface area contributed by atoms with Crippen LogP contribution in [0.15, 0.2) is 45.1 Å². The standard InChI is InChI=1S/C26H33N7O5S/c1-25(2,3)33-16-17-15-18(5-6-20(17)39(33,36)37)30-22(28)21-19(7-12-29-23(21)34)31-26(8-11-27)9-13-32(14-10-26)24(35)38-4/h5-7,12,15H,8-10,13-14,16H2,1-4H3,(H2,28,30)(H2,29,31,34). The maximum absolute atomic E-state index is 13.0. The van der Waals surface area contributed by atoms with E-state index in [9.17, 15) is 23.3 Å². The third-order valence-electron chi connectivity index (χ3n) is 7.11. The number of pyridine rings is 1. The molecule has 4 N–H and O–H groups in total. The summed E-state index contributed by atoms with van der Waals surface area (Å²) < 4.78 is 32.2. The third-order valence-corrected chi connectivity index (χ3v) is 9.32. The number of piperidine rings is 1. The van der Waals surface area contributed by atoms with Crippen molar-refractivity contribution in [2.24, 2.45) is 10.7 Å². The lowest BCUT2D eigenvalue weighted by molar-refractivity contribution is 0.104. The van der Waals surface area contributed by atoms with Crippen LogP contribution in [0.5, 0.6) is 0 Å². The molecule has 0 unspecified atom stereocenters. The van der Waals surface area contributed by atoms with Crippen LogP contribution in [0.25, 0.3) is 0 Å². The van der Waals surface area contributed by atoms with Crippen molar-refractivity contribution < 1.29 is 17.9 Å². The zero-order chi connectivity index (χ0) is 28.6. The fraction of sp³-hybridized carbons (Fsp3) is 0.462. The van der Waals surface area contributed by atoms with Gasteiger partial charge in [0.1, 0.15) is 11.4 Å². The number of anilines is 1. The number of H-pyrrole nitrogens is 1. The molecular formula is C26H33N7O5S. The number of nitrogens with one attached hydrogen (secondary N) is 2. The van der Waals surface area contributed by atoms with Crippen molar-refractivity contribution in [3.63, 3.8) is 0 Å². The lowest BCUT2D eigenvalue weighted by atomic mass is 9.84. The molecule has 1 fully saturated rings. The molecule has 1 aromatic heterocycles. The van der Waals surface area contributed by atoms with Gasteiger partial charge in [0.2, 0.25) is 10.0 Å². The lowest BCUT2D eigenvalue weighted by Gasteiger charge is -2.41. The number of carbonyl (C=O) groups excluding carboxylic acids is 1. The number of nitriles is 1. The fourth-order valence-electron chi connectivity index (χ4n) is 5.03. The van der Waals surface area contributed by atoms with E-state index in [4.69, 9.17) is 10.5 Å². The first-order chi connectivity index (χ1) is 18.3. The average Bonchev–Trinajstić information content (AvgIpc) is 3.14. The topological polar surface area (TPSA) is 174 Å². The predicted octanol–water partition coefficient (Wildman–Crippen LogP) is 2.64. The van der Waals surface area contributed by atoms with Crippen LogP contribution in [0.2, 0.25) is 0 Å². The summed E-state index contributed by atoms with van der Waals surface area (Å²) in [7, 11) is -2.30. The van der Waals surface area contributed by atoms with Gasteiger partial charge < -0.3 is 25.7 Å². The molecule has 2 aromatic rings. The monoisotopic (exact) mass is 555 g/mol. The van der Waals surface area contributed by atoms with Crippen LogP contribution in [-0.2, 0) is 21.3 Å². The highest BCUT2D eigenvalue weighted by atomic mass is 32.2. The van der Waals surface area contributed by atoms with Gasteiger partial charge in [-0.3, -0.25) is 4.79 Å². The van der Waals surface area contributed by atoms with Crippen molar-refractivity contribution in [1.82, 2.24) is 14.2 Å². The minimum atomic E-state index is -3.62. The van der Waals surface area contributed by atoms with E-state index in [0.29, 0.717) is 42.9 Å². The van der Waals surface area contributed by atoms with Crippen LogP contribution >= 0.6 is 0 Å². The molecule has 0 atom stereocenters. The fourth-order valence-corrected chi connectivity index (χ4v) is 6.99. The Labute approximate surface area is 227 Å². The quantitative estimate of drug-likeness (QED) is 0.373. The number of rotatable bonds is 5. The normalized spacial score (nSPS) is 18.7. The van der Waals surface area contributed by atoms with Gasteiger partial charge >= 0.3 is 6.09 Å². The van der Waals surface area contributed by atoms with Crippen LogP contribution in [0, 0.1) is 11.3 Å². The van der Waals surface area contributed by atoms with E-state index >= 15 is 0 Å². The van der Waals surface area contributed by atoms with Gasteiger partial charge in [-0.1, -0.05) is 0 Å². The van der Waals surface area contributed by atoms with Crippen molar-refractivity contribution in [2.75, 3.05) is 25.5 Å². The van der Waals surface area contributed by atoms with Gasteiger partial charge in [0.15, 0.2) is 0 Å². The van der Waals surface area contributed by atoms with Crippen LogP contribution in [0.3, 0.4) is 0 Å². The second-order valence-corrected chi connectivity index (χ2v) is 12.6. The molecule has 0 bridgehead atoms. The van der Waals surface area contributed by atoms with E-state index in [0.717, 1.165) is 0 Å². The summed E-state index contributed by atoms with van der Waals surface area (Å²) in [5.74, 6) is -0.0630. The van der Waals surface area contributed by atoms with E-state index in [2.05, 4.69) is 21.4 Å². The van der Waals surface area contributed by atoms with Gasteiger partial charge in [0.25, 0.3) is 5.56 Å². The van der Waals surface area contributed by atoms with Gasteiger partial charge in [-0.2, -0.15) is 9.57 Å². The number of nitrogens with zero attached hydrogens (tertiary/aromatic N) is 4. The van der Waals surface area contributed by atoms with Crippen LogP contribution in [0.4, 0.5) is 16.2 Å². The number of fused-ring (bicyclic) bond motifs is 1. The number of hydrogen-bond acceptors (Lipinski definition) is 8. The minimum Gasteiger partial charge on any atom is -0.453 e. The summed E-state index contributed by atoms with van der Waals surface area (Å²) in [6, 6.07) is 8.59. The molecule has 1 aromatic carbocycles. The molecular weight excluding hydrogens is 522 g/mol. The molecule has 1 saturated heterocycles. The van der Waals surface area contributed by atoms with Gasteiger partial charge in [0.05, 0.1) is 41.4 Å². The minimum absolute atomic E-state index is 0.0630. The highest BCUT2D eigenvalue weighted by Crippen LogP contribution is 2.37. The molecule has 4 rings (SSSR count). The first-order valence-corrected chi connectivity index (χ1v) is 14.0. The maximum Gasteiger partial charge on any atom is 0.409 e. The number of ether oxygens (including phenoxy) is 1. The van der Waals surface area contributed by atoms with E-state index in [1.54, 1.807) is 23.1 Å². The van der Waals surface area contributed by atoms with Gasteiger partial charge in [-0.25, -0.2) is 18.2 Å². The van der Waals surface area contributed by atoms with Crippen molar-refractivity contribution in [3.05, 3.63) is 51.9 Å². The number of carbonyl (C=O) groups is 1. The van der Waals surface area contributed by atoms with Crippen LogP contribution in [-0.4, -0.2) is 65.8 Å². The van der Waals surface area contributed by atoms with E-state index in [-0.39, 0.29) is 29.3 Å². The van der Waals surface area contributed by atoms with E-state index < -0.39 is 32.8 Å². The Kier molecular flexibility index (Phi) is 7.46. The predicted molar refractivity (Wildman–Crippen MR) is 146 cm³/mol. The van der Waals surface area contributed by atoms with Crippen molar-refractivity contribution in [3.8, 4) is 6.07 Å². The molecule has 13 heteroatoms. The molecule has 2 aliphatic rings. The molecule has 12 nitrogen and oxygen atoms in total. The summed E-state index contributed by atoms with van der Waals surface area (Å²) in [5, 5.41) is 12.9. The Balaban J connectivity index is 1.65. The Bertz CT molecular complexity index is 1510. The summed E-state index contributed by atoms with van der Waals surface area (Å²) in [4.78, 5) is 33.7. The number of hydrogen-bond donors (Lipinski definition) is 3. The number of aromatic amines is 1. The second kappa shape index (κ2) is 10.3. The first kappa shape index (κ1) is 28.1. The smallest absolute Gasteiger partial charge is 0.409 e.